The van der Waals surface area contributed by atoms with Crippen molar-refractivity contribution in [1.82, 2.24) is 0 Å². The van der Waals surface area contributed by atoms with Crippen LogP contribution in [0.5, 0.6) is 5.75 Å². The topological polar surface area (TPSA) is 38.7 Å². The van der Waals surface area contributed by atoms with Gasteiger partial charge in [0.25, 0.3) is 0 Å². The zero-order valence-electron chi connectivity index (χ0n) is 7.49. The molecule has 2 rings (SSSR count). The van der Waals surface area contributed by atoms with Gasteiger partial charge in [0.05, 0.1) is 13.2 Å². The van der Waals surface area contributed by atoms with E-state index in [1.165, 1.54) is 0 Å². The van der Waals surface area contributed by atoms with Gasteiger partial charge in [0, 0.05) is 0 Å². The molecule has 0 aromatic heterocycles. The second-order valence-corrected chi connectivity index (χ2v) is 3.12. The van der Waals surface area contributed by atoms with E-state index in [1.54, 1.807) is 6.07 Å². The zero-order chi connectivity index (χ0) is 9.26. The molecule has 0 unspecified atom stereocenters. The molecule has 1 heterocycles. The number of hydrogen-bond acceptors (Lipinski definition) is 3. The monoisotopic (exact) mass is 178 g/mol. The number of phenols is 1. The Bertz CT molecular complexity index is 308. The summed E-state index contributed by atoms with van der Waals surface area (Å²) < 4.78 is 10.7. The summed E-state index contributed by atoms with van der Waals surface area (Å²) in [6.07, 6.45) is 0. The first-order valence-electron chi connectivity index (χ1n) is 4.30. The lowest BCUT2D eigenvalue weighted by atomic mass is 9.79. The highest BCUT2D eigenvalue weighted by Gasteiger charge is 2.26. The van der Waals surface area contributed by atoms with E-state index in [1.807, 2.05) is 19.1 Å². The first-order valence-corrected chi connectivity index (χ1v) is 4.30. The molecule has 4 heteroatoms. The van der Waals surface area contributed by atoms with E-state index in [9.17, 15) is 5.11 Å². The normalized spacial score (nSPS) is 16.5. The van der Waals surface area contributed by atoms with Crippen LogP contribution in [0.4, 0.5) is 0 Å². The van der Waals surface area contributed by atoms with Gasteiger partial charge in [0.1, 0.15) is 5.75 Å². The Labute approximate surface area is 77.4 Å². The minimum absolute atomic E-state index is 0.251. The molecule has 68 valence electrons. The minimum atomic E-state index is -0.251. The third-order valence-corrected chi connectivity index (χ3v) is 2.11. The molecule has 3 nitrogen and oxygen atoms in total. The lowest BCUT2D eigenvalue weighted by Crippen LogP contribution is -2.31. The molecule has 0 amide bonds. The summed E-state index contributed by atoms with van der Waals surface area (Å²) >= 11 is 0. The minimum Gasteiger partial charge on any atom is -0.508 e. The van der Waals surface area contributed by atoms with Crippen LogP contribution in [0.2, 0.25) is 0 Å². The highest BCUT2D eigenvalue weighted by atomic mass is 16.6. The standard InChI is InChI=1S/C9H11BO3/c1-7-6-8(2-3-9(7)11)10-12-4-5-13-10/h2-3,6,11H,4-5H2,1H3. The maximum atomic E-state index is 9.30. The fourth-order valence-electron chi connectivity index (χ4n) is 1.38. The largest absolute Gasteiger partial charge is 0.508 e. The summed E-state index contributed by atoms with van der Waals surface area (Å²) in [7, 11) is -0.251. The van der Waals surface area contributed by atoms with Gasteiger partial charge in [-0.25, -0.2) is 0 Å². The van der Waals surface area contributed by atoms with Gasteiger partial charge >= 0.3 is 7.12 Å². The van der Waals surface area contributed by atoms with Gasteiger partial charge in [0.2, 0.25) is 0 Å². The molecule has 1 fully saturated rings. The Balaban J connectivity index is 2.25. The van der Waals surface area contributed by atoms with Crippen molar-refractivity contribution in [2.75, 3.05) is 13.2 Å². The third kappa shape index (κ3) is 1.69. The van der Waals surface area contributed by atoms with Crippen molar-refractivity contribution in [3.63, 3.8) is 0 Å². The van der Waals surface area contributed by atoms with Crippen molar-refractivity contribution in [2.24, 2.45) is 0 Å². The lowest BCUT2D eigenvalue weighted by Gasteiger charge is -2.05. The van der Waals surface area contributed by atoms with Crippen LogP contribution >= 0.6 is 0 Å². The van der Waals surface area contributed by atoms with Crippen LogP contribution in [0.3, 0.4) is 0 Å². The molecule has 1 aliphatic rings. The van der Waals surface area contributed by atoms with Crippen molar-refractivity contribution in [2.45, 2.75) is 6.92 Å². The molecule has 1 aromatic rings. The van der Waals surface area contributed by atoms with Crippen LogP contribution in [0, 0.1) is 6.92 Å². The number of rotatable bonds is 1. The number of hydrogen-bond donors (Lipinski definition) is 1. The second-order valence-electron chi connectivity index (χ2n) is 3.12. The highest BCUT2D eigenvalue weighted by molar-refractivity contribution is 6.61. The number of aryl methyl sites for hydroxylation is 1. The summed E-state index contributed by atoms with van der Waals surface area (Å²) in [4.78, 5) is 0. The summed E-state index contributed by atoms with van der Waals surface area (Å²) in [5.41, 5.74) is 1.81. The lowest BCUT2D eigenvalue weighted by molar-refractivity contribution is 0.365. The van der Waals surface area contributed by atoms with Crippen molar-refractivity contribution in [3.05, 3.63) is 23.8 Å². The van der Waals surface area contributed by atoms with Gasteiger partial charge in [0.15, 0.2) is 0 Å². The van der Waals surface area contributed by atoms with E-state index in [0.29, 0.717) is 19.0 Å². The van der Waals surface area contributed by atoms with Crippen molar-refractivity contribution < 1.29 is 14.4 Å². The summed E-state index contributed by atoms with van der Waals surface area (Å²) in [5.74, 6) is 0.307. The average molecular weight is 178 g/mol. The summed E-state index contributed by atoms with van der Waals surface area (Å²) in [5, 5.41) is 9.30. The molecule has 0 saturated carbocycles. The molecule has 1 N–H and O–H groups in total. The predicted octanol–water partition coefficient (Wildman–Crippen LogP) is 0.443. The number of aromatic hydroxyl groups is 1. The molecular weight excluding hydrogens is 167 g/mol. The van der Waals surface area contributed by atoms with Crippen LogP contribution in [0.1, 0.15) is 5.56 Å². The van der Waals surface area contributed by atoms with Gasteiger partial charge in [-0.2, -0.15) is 0 Å². The van der Waals surface area contributed by atoms with Gasteiger partial charge in [-0.15, -0.1) is 0 Å². The number of benzene rings is 1. The van der Waals surface area contributed by atoms with Gasteiger partial charge in [-0.1, -0.05) is 12.1 Å². The van der Waals surface area contributed by atoms with E-state index in [0.717, 1.165) is 11.0 Å². The molecular formula is C9H11BO3. The highest BCUT2D eigenvalue weighted by Crippen LogP contribution is 2.13. The first kappa shape index (κ1) is 8.60. The SMILES string of the molecule is Cc1cc(B2OCCO2)ccc1O. The molecule has 0 bridgehead atoms. The maximum absolute atomic E-state index is 9.30. The molecule has 0 atom stereocenters. The van der Waals surface area contributed by atoms with Crippen LogP contribution in [0.15, 0.2) is 18.2 Å². The van der Waals surface area contributed by atoms with Gasteiger partial charge in [-0.3, -0.25) is 0 Å². The van der Waals surface area contributed by atoms with Crippen LogP contribution in [0.25, 0.3) is 0 Å². The third-order valence-electron chi connectivity index (χ3n) is 2.11. The maximum Gasteiger partial charge on any atom is 0.494 e. The molecule has 0 spiro atoms. The zero-order valence-corrected chi connectivity index (χ0v) is 7.49. The second kappa shape index (κ2) is 3.40. The van der Waals surface area contributed by atoms with E-state index in [2.05, 4.69) is 0 Å². The smallest absolute Gasteiger partial charge is 0.494 e. The first-order chi connectivity index (χ1) is 6.27. The van der Waals surface area contributed by atoms with E-state index in [-0.39, 0.29) is 7.12 Å². The van der Waals surface area contributed by atoms with Crippen molar-refractivity contribution in [1.29, 1.82) is 0 Å². The van der Waals surface area contributed by atoms with Crippen molar-refractivity contribution >= 4 is 12.6 Å². The Morgan fingerprint density at radius 1 is 1.31 bits per heavy atom. The molecule has 1 aliphatic heterocycles. The Morgan fingerprint density at radius 3 is 2.62 bits per heavy atom. The quantitative estimate of drug-likeness (QED) is 0.634. The summed E-state index contributed by atoms with van der Waals surface area (Å²) in [6.45, 7) is 3.14. The van der Waals surface area contributed by atoms with E-state index < -0.39 is 0 Å². The molecule has 1 saturated heterocycles. The van der Waals surface area contributed by atoms with Crippen LogP contribution < -0.4 is 5.46 Å². The summed E-state index contributed by atoms with van der Waals surface area (Å²) in [6, 6.07) is 5.36. The van der Waals surface area contributed by atoms with Crippen molar-refractivity contribution in [3.8, 4) is 5.75 Å². The fourth-order valence-corrected chi connectivity index (χ4v) is 1.38. The Morgan fingerprint density at radius 2 is 2.00 bits per heavy atom. The van der Waals surface area contributed by atoms with Gasteiger partial charge in [-0.05, 0) is 24.0 Å². The molecule has 0 aliphatic carbocycles. The Hall–Kier alpha value is -0.995. The van der Waals surface area contributed by atoms with E-state index >= 15 is 0 Å². The fraction of sp³-hybridized carbons (Fsp3) is 0.333. The Kier molecular flexibility index (Phi) is 2.25. The van der Waals surface area contributed by atoms with Gasteiger partial charge < -0.3 is 14.4 Å². The molecule has 13 heavy (non-hydrogen) atoms. The average Bonchev–Trinajstić information content (AvgIpc) is 2.62. The van der Waals surface area contributed by atoms with Crippen LogP contribution in [-0.2, 0) is 9.31 Å². The van der Waals surface area contributed by atoms with E-state index in [4.69, 9.17) is 9.31 Å². The number of phenolic OH excluding ortho intramolecular Hbond substituents is 1. The molecule has 0 radical (unpaired) electrons. The van der Waals surface area contributed by atoms with Crippen LogP contribution in [-0.4, -0.2) is 25.4 Å². The predicted molar refractivity (Wildman–Crippen MR) is 50.1 cm³/mol. The molecule has 1 aromatic carbocycles.